The van der Waals surface area contributed by atoms with Crippen molar-refractivity contribution in [3.05, 3.63) is 24.3 Å². The fourth-order valence-electron chi connectivity index (χ4n) is 6.71. The van der Waals surface area contributed by atoms with Crippen molar-refractivity contribution in [2.75, 3.05) is 19.6 Å². The summed E-state index contributed by atoms with van der Waals surface area (Å²) >= 11 is 0. The second kappa shape index (κ2) is 4.63. The zero-order chi connectivity index (χ0) is 16.9. The normalized spacial score (nSPS) is 48.2. The number of carbonyl (C=O) groups excluding carboxylic acids is 3. The van der Waals surface area contributed by atoms with Crippen molar-refractivity contribution in [2.45, 2.75) is 12.8 Å². The van der Waals surface area contributed by atoms with E-state index in [2.05, 4.69) is 24.3 Å². The molecule has 6 rings (SSSR count). The summed E-state index contributed by atoms with van der Waals surface area (Å²) in [6.07, 6.45) is 11.0. The molecule has 2 aliphatic heterocycles. The fraction of sp³-hybridized carbons (Fsp3) is 0.650. The van der Waals surface area contributed by atoms with Gasteiger partial charge in [0.2, 0.25) is 17.7 Å². The fourth-order valence-corrected chi connectivity index (χ4v) is 6.71. The number of nitrogens with zero attached hydrogens (tertiary/aromatic N) is 2. The largest absolute Gasteiger partial charge is 0.341 e. The number of amides is 3. The van der Waals surface area contributed by atoms with Gasteiger partial charge in [0.05, 0.1) is 11.8 Å². The molecule has 2 saturated carbocycles. The molecule has 4 fully saturated rings. The maximum Gasteiger partial charge on any atom is 0.242 e. The van der Waals surface area contributed by atoms with Gasteiger partial charge in [-0.15, -0.1) is 0 Å². The average Bonchev–Trinajstić information content (AvgIpc) is 3.38. The number of carbonyl (C=O) groups is 3. The second-order valence-electron chi connectivity index (χ2n) is 8.84. The highest BCUT2D eigenvalue weighted by atomic mass is 16.2. The summed E-state index contributed by atoms with van der Waals surface area (Å²) in [7, 11) is 0. The SMILES string of the molecule is O=C(CN1C(=O)[C@@H]2[C@H](C1=O)[C@H]1C=C[C@H]2C1)N1C[C@@H]2[C@@H](C1)[C@H]1C=C[C@H]2C1. The van der Waals surface area contributed by atoms with Crippen LogP contribution in [0.3, 0.4) is 0 Å². The number of imide groups is 1. The van der Waals surface area contributed by atoms with Gasteiger partial charge in [0.25, 0.3) is 0 Å². The Hall–Kier alpha value is -1.91. The van der Waals surface area contributed by atoms with Crippen LogP contribution in [-0.2, 0) is 14.4 Å². The van der Waals surface area contributed by atoms with Gasteiger partial charge in [-0.3, -0.25) is 19.3 Å². The molecule has 4 aliphatic carbocycles. The molecule has 6 aliphatic rings. The molecule has 130 valence electrons. The van der Waals surface area contributed by atoms with E-state index in [0.717, 1.165) is 19.5 Å². The molecule has 0 N–H and O–H groups in total. The molecule has 2 saturated heterocycles. The highest BCUT2D eigenvalue weighted by Crippen LogP contribution is 2.53. The molecule has 2 heterocycles. The Morgan fingerprint density at radius 1 is 0.840 bits per heavy atom. The maximum atomic E-state index is 12.8. The molecule has 0 aromatic rings. The highest BCUT2D eigenvalue weighted by Gasteiger charge is 2.59. The van der Waals surface area contributed by atoms with Crippen LogP contribution < -0.4 is 0 Å². The molecule has 0 aromatic carbocycles. The van der Waals surface area contributed by atoms with Crippen molar-refractivity contribution in [1.82, 2.24) is 9.80 Å². The molecule has 0 aromatic heterocycles. The van der Waals surface area contributed by atoms with Gasteiger partial charge < -0.3 is 4.90 Å². The quantitative estimate of drug-likeness (QED) is 0.559. The Balaban J connectivity index is 1.17. The van der Waals surface area contributed by atoms with Crippen molar-refractivity contribution in [3.8, 4) is 0 Å². The van der Waals surface area contributed by atoms with E-state index < -0.39 is 0 Å². The van der Waals surface area contributed by atoms with Crippen LogP contribution in [0.25, 0.3) is 0 Å². The van der Waals surface area contributed by atoms with Crippen LogP contribution in [0.15, 0.2) is 24.3 Å². The van der Waals surface area contributed by atoms with Crippen molar-refractivity contribution in [1.29, 1.82) is 0 Å². The molecule has 4 bridgehead atoms. The third-order valence-electron chi connectivity index (χ3n) is 7.87. The topological polar surface area (TPSA) is 57.7 Å². The first kappa shape index (κ1) is 14.3. The summed E-state index contributed by atoms with van der Waals surface area (Å²) in [6.45, 7) is 1.54. The maximum absolute atomic E-state index is 12.8. The average molecular weight is 338 g/mol. The minimum absolute atomic E-state index is 0.0456. The smallest absolute Gasteiger partial charge is 0.242 e. The van der Waals surface area contributed by atoms with Gasteiger partial charge in [0.15, 0.2) is 0 Å². The van der Waals surface area contributed by atoms with Gasteiger partial charge in [-0.25, -0.2) is 0 Å². The molecule has 0 radical (unpaired) electrons. The summed E-state index contributed by atoms with van der Waals surface area (Å²) in [5.41, 5.74) is 0. The molecule has 8 atom stereocenters. The van der Waals surface area contributed by atoms with E-state index in [-0.39, 0.29) is 47.9 Å². The van der Waals surface area contributed by atoms with Gasteiger partial charge in [-0.05, 0) is 48.3 Å². The molecule has 25 heavy (non-hydrogen) atoms. The van der Waals surface area contributed by atoms with E-state index in [4.69, 9.17) is 0 Å². The summed E-state index contributed by atoms with van der Waals surface area (Å²) in [6, 6.07) is 0. The molecule has 0 spiro atoms. The zero-order valence-corrected chi connectivity index (χ0v) is 14.1. The molecule has 5 nitrogen and oxygen atoms in total. The predicted octanol–water partition coefficient (Wildman–Crippen LogP) is 1.07. The number of fused-ring (bicyclic) bond motifs is 10. The second-order valence-corrected chi connectivity index (χ2v) is 8.84. The standard InChI is InChI=1S/C20H22N2O3/c23-16(21-7-14-10-1-2-11(5-10)15(14)8-21)9-22-19(24)17-12-3-4-13(6-12)18(17)20(22)25/h1-4,10-15,17-18H,5-9H2/t10-,11-,12-,13-,14-,15-,17-,18+/m0/s1. The molecule has 0 unspecified atom stereocenters. The van der Waals surface area contributed by atoms with E-state index >= 15 is 0 Å². The third kappa shape index (κ3) is 1.72. The van der Waals surface area contributed by atoms with Crippen molar-refractivity contribution in [3.63, 3.8) is 0 Å². The van der Waals surface area contributed by atoms with Crippen molar-refractivity contribution < 1.29 is 14.4 Å². The minimum Gasteiger partial charge on any atom is -0.341 e. The van der Waals surface area contributed by atoms with E-state index in [0.29, 0.717) is 23.7 Å². The minimum atomic E-state index is -0.201. The summed E-state index contributed by atoms with van der Waals surface area (Å²) in [5, 5.41) is 0. The lowest BCUT2D eigenvalue weighted by Gasteiger charge is -2.22. The summed E-state index contributed by atoms with van der Waals surface area (Å²) in [4.78, 5) is 41.5. The molecule has 3 amide bonds. The molecular formula is C20H22N2O3. The van der Waals surface area contributed by atoms with Crippen molar-refractivity contribution in [2.24, 2.45) is 47.3 Å². The van der Waals surface area contributed by atoms with Crippen molar-refractivity contribution >= 4 is 17.7 Å². The lowest BCUT2D eigenvalue weighted by atomic mass is 9.85. The Labute approximate surface area is 146 Å². The van der Waals surface area contributed by atoms with Crippen LogP contribution >= 0.6 is 0 Å². The predicted molar refractivity (Wildman–Crippen MR) is 88.7 cm³/mol. The monoisotopic (exact) mass is 338 g/mol. The van der Waals surface area contributed by atoms with E-state index in [9.17, 15) is 14.4 Å². The first-order valence-corrected chi connectivity index (χ1v) is 9.61. The lowest BCUT2D eigenvalue weighted by Crippen LogP contribution is -2.43. The Kier molecular flexibility index (Phi) is 2.64. The Bertz CT molecular complexity index is 706. The van der Waals surface area contributed by atoms with Crippen LogP contribution in [0, 0.1) is 47.3 Å². The highest BCUT2D eigenvalue weighted by molar-refractivity contribution is 6.08. The zero-order valence-electron chi connectivity index (χ0n) is 14.1. The number of allylic oxidation sites excluding steroid dienone is 4. The molecule has 5 heteroatoms. The molecular weight excluding hydrogens is 316 g/mol. The van der Waals surface area contributed by atoms with Crippen LogP contribution in [0.2, 0.25) is 0 Å². The first-order valence-electron chi connectivity index (χ1n) is 9.61. The van der Waals surface area contributed by atoms with Crippen LogP contribution in [0.5, 0.6) is 0 Å². The summed E-state index contributed by atoms with van der Waals surface area (Å²) in [5.74, 6) is 2.18. The summed E-state index contributed by atoms with van der Waals surface area (Å²) < 4.78 is 0. The number of hydrogen-bond donors (Lipinski definition) is 0. The Morgan fingerprint density at radius 3 is 1.88 bits per heavy atom. The van der Waals surface area contributed by atoms with E-state index in [1.54, 1.807) is 0 Å². The Morgan fingerprint density at radius 2 is 1.32 bits per heavy atom. The van der Waals surface area contributed by atoms with Gasteiger partial charge in [-0.2, -0.15) is 0 Å². The van der Waals surface area contributed by atoms with E-state index in [1.165, 1.54) is 11.3 Å². The van der Waals surface area contributed by atoms with Crippen LogP contribution in [0.1, 0.15) is 12.8 Å². The van der Waals surface area contributed by atoms with Gasteiger partial charge in [-0.1, -0.05) is 24.3 Å². The van der Waals surface area contributed by atoms with Gasteiger partial charge >= 0.3 is 0 Å². The van der Waals surface area contributed by atoms with Crippen LogP contribution in [0.4, 0.5) is 0 Å². The number of likely N-dealkylation sites (tertiary alicyclic amines) is 2. The number of hydrogen-bond acceptors (Lipinski definition) is 3. The van der Waals surface area contributed by atoms with Crippen LogP contribution in [-0.4, -0.2) is 47.2 Å². The van der Waals surface area contributed by atoms with Gasteiger partial charge in [0.1, 0.15) is 6.54 Å². The van der Waals surface area contributed by atoms with E-state index in [1.807, 2.05) is 4.90 Å². The first-order chi connectivity index (χ1) is 12.1. The lowest BCUT2D eigenvalue weighted by molar-refractivity contribution is -0.146. The van der Waals surface area contributed by atoms with Gasteiger partial charge in [0, 0.05) is 13.1 Å². The third-order valence-corrected chi connectivity index (χ3v) is 7.87. The number of rotatable bonds is 2.